The Morgan fingerprint density at radius 2 is 1.75 bits per heavy atom. The highest BCUT2D eigenvalue weighted by Crippen LogP contribution is 2.09. The number of hydrogen-bond acceptors (Lipinski definition) is 2. The zero-order valence-corrected chi connectivity index (χ0v) is 11.2. The van der Waals surface area contributed by atoms with Gasteiger partial charge in [-0.25, -0.2) is 5.01 Å². The lowest BCUT2D eigenvalue weighted by atomic mass is 10.1. The van der Waals surface area contributed by atoms with E-state index in [2.05, 4.69) is 28.0 Å². The van der Waals surface area contributed by atoms with E-state index in [4.69, 9.17) is 0 Å². The first kappa shape index (κ1) is 11.9. The molecule has 4 heteroatoms. The average Bonchev–Trinajstić information content (AvgIpc) is 2.31. The molecule has 0 aromatic heterocycles. The van der Waals surface area contributed by atoms with Crippen LogP contribution in [0.25, 0.3) is 0 Å². The van der Waals surface area contributed by atoms with Gasteiger partial charge < -0.3 is 0 Å². The Balaban J connectivity index is 1.94. The highest BCUT2D eigenvalue weighted by Gasteiger charge is 2.13. The van der Waals surface area contributed by atoms with E-state index in [1.807, 2.05) is 29.3 Å². The summed E-state index contributed by atoms with van der Waals surface area (Å²) in [6.45, 7) is 1.94. The first-order valence-corrected chi connectivity index (χ1v) is 6.65. The SMILES string of the molecule is O=C(NN1CCCCC1)c1ccc(I)cc1. The highest BCUT2D eigenvalue weighted by molar-refractivity contribution is 14.1. The van der Waals surface area contributed by atoms with E-state index >= 15 is 0 Å². The number of benzene rings is 1. The monoisotopic (exact) mass is 330 g/mol. The van der Waals surface area contributed by atoms with E-state index in [-0.39, 0.29) is 5.91 Å². The normalized spacial score (nSPS) is 17.1. The number of hydrazine groups is 1. The Morgan fingerprint density at radius 3 is 2.38 bits per heavy atom. The Morgan fingerprint density at radius 1 is 1.12 bits per heavy atom. The van der Waals surface area contributed by atoms with Crippen molar-refractivity contribution >= 4 is 28.5 Å². The van der Waals surface area contributed by atoms with E-state index in [1.165, 1.54) is 19.3 Å². The first-order valence-electron chi connectivity index (χ1n) is 5.57. The fraction of sp³-hybridized carbons (Fsp3) is 0.417. The van der Waals surface area contributed by atoms with Crippen molar-refractivity contribution in [3.63, 3.8) is 0 Å². The van der Waals surface area contributed by atoms with Crippen LogP contribution < -0.4 is 5.43 Å². The van der Waals surface area contributed by atoms with E-state index in [0.717, 1.165) is 22.2 Å². The van der Waals surface area contributed by atoms with Crippen LogP contribution in [0.2, 0.25) is 0 Å². The minimum Gasteiger partial charge on any atom is -0.285 e. The predicted octanol–water partition coefficient (Wildman–Crippen LogP) is 2.42. The van der Waals surface area contributed by atoms with Gasteiger partial charge in [-0.1, -0.05) is 6.42 Å². The molecule has 0 unspecified atom stereocenters. The Hall–Kier alpha value is -0.620. The molecule has 1 saturated heterocycles. The molecule has 1 aliphatic rings. The van der Waals surface area contributed by atoms with Crippen LogP contribution in [0.5, 0.6) is 0 Å². The van der Waals surface area contributed by atoms with Gasteiger partial charge in [0.15, 0.2) is 0 Å². The van der Waals surface area contributed by atoms with Crippen LogP contribution in [-0.4, -0.2) is 24.0 Å². The lowest BCUT2D eigenvalue weighted by Gasteiger charge is -2.26. The number of nitrogens with one attached hydrogen (secondary N) is 1. The molecule has 1 aliphatic heterocycles. The molecule has 0 atom stereocenters. The van der Waals surface area contributed by atoms with Gasteiger partial charge >= 0.3 is 0 Å². The standard InChI is InChI=1S/C12H15IN2O/c13-11-6-4-10(5-7-11)12(16)14-15-8-2-1-3-9-15/h4-7H,1-3,8-9H2,(H,14,16). The number of carbonyl (C=O) groups is 1. The van der Waals surface area contributed by atoms with Crippen molar-refractivity contribution in [3.05, 3.63) is 33.4 Å². The molecular formula is C12H15IN2O. The lowest BCUT2D eigenvalue weighted by molar-refractivity contribution is 0.0750. The van der Waals surface area contributed by atoms with E-state index in [9.17, 15) is 4.79 Å². The van der Waals surface area contributed by atoms with Gasteiger partial charge in [0.25, 0.3) is 5.91 Å². The Kier molecular flexibility index (Phi) is 4.17. The van der Waals surface area contributed by atoms with E-state index in [1.54, 1.807) is 0 Å². The second-order valence-electron chi connectivity index (χ2n) is 4.00. The Labute approximate surface area is 109 Å². The number of halogens is 1. The maximum Gasteiger partial charge on any atom is 0.265 e. The molecule has 0 bridgehead atoms. The third-order valence-corrected chi connectivity index (χ3v) is 3.44. The molecule has 0 aliphatic carbocycles. The fourth-order valence-corrected chi connectivity index (χ4v) is 2.17. The van der Waals surface area contributed by atoms with Gasteiger partial charge in [-0.3, -0.25) is 10.2 Å². The van der Waals surface area contributed by atoms with Crippen molar-refractivity contribution in [2.45, 2.75) is 19.3 Å². The molecule has 1 aromatic carbocycles. The predicted molar refractivity (Wildman–Crippen MR) is 72.0 cm³/mol. The van der Waals surface area contributed by atoms with Gasteiger partial charge in [0, 0.05) is 22.2 Å². The Bertz CT molecular complexity index is 358. The van der Waals surface area contributed by atoms with Crippen molar-refractivity contribution in [2.24, 2.45) is 0 Å². The van der Waals surface area contributed by atoms with Gasteiger partial charge in [-0.2, -0.15) is 0 Å². The molecule has 3 nitrogen and oxygen atoms in total. The van der Waals surface area contributed by atoms with Crippen molar-refractivity contribution in [2.75, 3.05) is 13.1 Å². The minimum atomic E-state index is -0.00157. The second kappa shape index (κ2) is 5.63. The summed E-state index contributed by atoms with van der Waals surface area (Å²) in [7, 11) is 0. The van der Waals surface area contributed by atoms with Crippen LogP contribution in [-0.2, 0) is 0 Å². The summed E-state index contributed by atoms with van der Waals surface area (Å²) in [5, 5.41) is 2.02. The molecule has 1 N–H and O–H groups in total. The summed E-state index contributed by atoms with van der Waals surface area (Å²) in [5.41, 5.74) is 3.67. The van der Waals surface area contributed by atoms with Crippen LogP contribution >= 0.6 is 22.6 Å². The summed E-state index contributed by atoms with van der Waals surface area (Å²) in [6.07, 6.45) is 3.62. The topological polar surface area (TPSA) is 32.3 Å². The summed E-state index contributed by atoms with van der Waals surface area (Å²) in [5.74, 6) is -0.00157. The summed E-state index contributed by atoms with van der Waals surface area (Å²) >= 11 is 2.23. The molecule has 86 valence electrons. The molecule has 1 heterocycles. The van der Waals surface area contributed by atoms with Gasteiger partial charge in [0.05, 0.1) is 0 Å². The number of amides is 1. The summed E-state index contributed by atoms with van der Waals surface area (Å²) in [4.78, 5) is 11.9. The van der Waals surface area contributed by atoms with Crippen LogP contribution in [0.4, 0.5) is 0 Å². The van der Waals surface area contributed by atoms with Gasteiger partial charge in [-0.05, 0) is 59.7 Å². The second-order valence-corrected chi connectivity index (χ2v) is 5.24. The van der Waals surface area contributed by atoms with Crippen LogP contribution in [0, 0.1) is 3.57 Å². The zero-order valence-electron chi connectivity index (χ0n) is 9.08. The molecule has 1 amide bonds. The first-order chi connectivity index (χ1) is 7.75. The van der Waals surface area contributed by atoms with Crippen molar-refractivity contribution < 1.29 is 4.79 Å². The van der Waals surface area contributed by atoms with Gasteiger partial charge in [0.1, 0.15) is 0 Å². The minimum absolute atomic E-state index is 0.00157. The smallest absolute Gasteiger partial charge is 0.265 e. The van der Waals surface area contributed by atoms with Crippen molar-refractivity contribution in [1.29, 1.82) is 0 Å². The van der Waals surface area contributed by atoms with Gasteiger partial charge in [0.2, 0.25) is 0 Å². The highest BCUT2D eigenvalue weighted by atomic mass is 127. The number of piperidine rings is 1. The molecular weight excluding hydrogens is 315 g/mol. The van der Waals surface area contributed by atoms with Crippen LogP contribution in [0.1, 0.15) is 29.6 Å². The van der Waals surface area contributed by atoms with E-state index < -0.39 is 0 Å². The zero-order chi connectivity index (χ0) is 11.4. The van der Waals surface area contributed by atoms with Crippen molar-refractivity contribution in [3.8, 4) is 0 Å². The summed E-state index contributed by atoms with van der Waals surface area (Å²) in [6, 6.07) is 7.62. The lowest BCUT2D eigenvalue weighted by Crippen LogP contribution is -2.45. The van der Waals surface area contributed by atoms with Crippen LogP contribution in [0.3, 0.4) is 0 Å². The number of carbonyl (C=O) groups excluding carboxylic acids is 1. The molecule has 0 spiro atoms. The maximum atomic E-state index is 11.9. The van der Waals surface area contributed by atoms with Gasteiger partial charge in [-0.15, -0.1) is 0 Å². The average molecular weight is 330 g/mol. The van der Waals surface area contributed by atoms with Crippen LogP contribution in [0.15, 0.2) is 24.3 Å². The molecule has 1 fully saturated rings. The molecule has 0 radical (unpaired) electrons. The quantitative estimate of drug-likeness (QED) is 0.845. The maximum absolute atomic E-state index is 11.9. The molecule has 16 heavy (non-hydrogen) atoms. The third kappa shape index (κ3) is 3.18. The number of rotatable bonds is 2. The van der Waals surface area contributed by atoms with E-state index in [0.29, 0.717) is 0 Å². The number of nitrogens with zero attached hydrogens (tertiary/aromatic N) is 1. The fourth-order valence-electron chi connectivity index (χ4n) is 1.82. The number of hydrogen-bond donors (Lipinski definition) is 1. The molecule has 1 aromatic rings. The largest absolute Gasteiger partial charge is 0.285 e. The molecule has 2 rings (SSSR count). The third-order valence-electron chi connectivity index (χ3n) is 2.72. The molecule has 0 saturated carbocycles. The summed E-state index contributed by atoms with van der Waals surface area (Å²) < 4.78 is 1.15. The van der Waals surface area contributed by atoms with Crippen molar-refractivity contribution in [1.82, 2.24) is 10.4 Å².